The van der Waals surface area contributed by atoms with E-state index in [4.69, 9.17) is 0 Å². The molecule has 1 atom stereocenters. The Morgan fingerprint density at radius 1 is 0.806 bits per heavy atom. The van der Waals surface area contributed by atoms with Gasteiger partial charge in [0, 0.05) is 18.0 Å². The summed E-state index contributed by atoms with van der Waals surface area (Å²) in [4.78, 5) is 8.85. The van der Waals surface area contributed by atoms with Crippen LogP contribution in [-0.2, 0) is 12.8 Å². The molecule has 0 N–H and O–H groups in total. The van der Waals surface area contributed by atoms with Gasteiger partial charge in [0.2, 0.25) is 0 Å². The minimum atomic E-state index is -0.713. The number of hydrogen-bond acceptors (Lipinski definition) is 2. The molecule has 4 heteroatoms. The van der Waals surface area contributed by atoms with Crippen LogP contribution in [0.15, 0.2) is 30.6 Å². The molecule has 0 aliphatic carbocycles. The second-order valence-corrected chi connectivity index (χ2v) is 8.83. The molecule has 2 rings (SSSR count). The normalized spacial score (nSPS) is 12.3. The first-order chi connectivity index (χ1) is 15.1. The number of nitrogens with zero attached hydrogens (tertiary/aromatic N) is 2. The lowest BCUT2D eigenvalue weighted by Crippen LogP contribution is -1.96. The summed E-state index contributed by atoms with van der Waals surface area (Å²) in [6.07, 6.45) is 18.3. The van der Waals surface area contributed by atoms with Crippen molar-refractivity contribution in [3.05, 3.63) is 47.5 Å². The van der Waals surface area contributed by atoms with E-state index in [2.05, 4.69) is 16.9 Å². The SMILES string of the molecule is CCCCCCCCCCc1ccc(-c2ncc(CCCCCC(C)F)cn2)cc1F. The van der Waals surface area contributed by atoms with E-state index in [1.807, 2.05) is 24.5 Å². The lowest BCUT2D eigenvalue weighted by Gasteiger charge is -2.07. The lowest BCUT2D eigenvalue weighted by atomic mass is 10.0. The molecule has 2 nitrogen and oxygen atoms in total. The number of halogens is 2. The Morgan fingerprint density at radius 2 is 1.42 bits per heavy atom. The second-order valence-electron chi connectivity index (χ2n) is 8.83. The van der Waals surface area contributed by atoms with E-state index < -0.39 is 6.17 Å². The number of hydrogen-bond donors (Lipinski definition) is 0. The lowest BCUT2D eigenvalue weighted by molar-refractivity contribution is 0.330. The Morgan fingerprint density at radius 3 is 2.06 bits per heavy atom. The van der Waals surface area contributed by atoms with Gasteiger partial charge in [-0.25, -0.2) is 18.7 Å². The van der Waals surface area contributed by atoms with Crippen molar-refractivity contribution in [2.75, 3.05) is 0 Å². The smallest absolute Gasteiger partial charge is 0.159 e. The van der Waals surface area contributed by atoms with Crippen molar-refractivity contribution in [3.63, 3.8) is 0 Å². The maximum atomic E-state index is 14.5. The Balaban J connectivity index is 1.74. The summed E-state index contributed by atoms with van der Waals surface area (Å²) < 4.78 is 27.3. The fraction of sp³-hybridized carbons (Fsp3) is 0.630. The fourth-order valence-electron chi connectivity index (χ4n) is 3.90. The van der Waals surface area contributed by atoms with Crippen LogP contribution in [0.25, 0.3) is 11.4 Å². The van der Waals surface area contributed by atoms with Gasteiger partial charge in [-0.2, -0.15) is 0 Å². The fourth-order valence-corrected chi connectivity index (χ4v) is 3.90. The molecule has 0 radical (unpaired) electrons. The molecule has 1 heterocycles. The summed E-state index contributed by atoms with van der Waals surface area (Å²) in [5.41, 5.74) is 2.58. The molecule has 31 heavy (non-hydrogen) atoms. The topological polar surface area (TPSA) is 25.8 Å². The largest absolute Gasteiger partial charge is 0.248 e. The third-order valence-electron chi connectivity index (χ3n) is 5.88. The Labute approximate surface area is 187 Å². The zero-order valence-electron chi connectivity index (χ0n) is 19.5. The van der Waals surface area contributed by atoms with Crippen LogP contribution in [0, 0.1) is 5.82 Å². The van der Waals surface area contributed by atoms with Gasteiger partial charge in [0.25, 0.3) is 0 Å². The van der Waals surface area contributed by atoms with E-state index in [0.29, 0.717) is 12.2 Å². The van der Waals surface area contributed by atoms with Gasteiger partial charge in [0.15, 0.2) is 5.82 Å². The van der Waals surface area contributed by atoms with Crippen LogP contribution in [0.2, 0.25) is 0 Å². The molecule has 0 spiro atoms. The summed E-state index contributed by atoms with van der Waals surface area (Å²) in [5, 5.41) is 0. The highest BCUT2D eigenvalue weighted by Gasteiger charge is 2.08. The Bertz CT molecular complexity index is 729. The molecular weight excluding hydrogens is 390 g/mol. The second kappa shape index (κ2) is 15.0. The Kier molecular flexibility index (Phi) is 12.3. The van der Waals surface area contributed by atoms with Crippen LogP contribution < -0.4 is 0 Å². The monoisotopic (exact) mass is 430 g/mol. The standard InChI is InChI=1S/C27H40F2N2/c1-3-4-5-6-7-8-9-13-16-24-17-18-25(19-26(24)29)27-30-20-23(21-31-27)15-12-10-11-14-22(2)28/h17-22H,3-16H2,1-2H3. The molecule has 0 bridgehead atoms. The van der Waals surface area contributed by atoms with Gasteiger partial charge in [0.05, 0.1) is 6.17 Å². The molecule has 0 aliphatic heterocycles. The zero-order valence-corrected chi connectivity index (χ0v) is 19.5. The number of benzene rings is 1. The van der Waals surface area contributed by atoms with Crippen LogP contribution >= 0.6 is 0 Å². The van der Waals surface area contributed by atoms with Gasteiger partial charge in [-0.05, 0) is 56.2 Å². The predicted molar refractivity (Wildman–Crippen MR) is 126 cm³/mol. The van der Waals surface area contributed by atoms with Crippen molar-refractivity contribution in [2.45, 2.75) is 110 Å². The third-order valence-corrected chi connectivity index (χ3v) is 5.88. The van der Waals surface area contributed by atoms with Gasteiger partial charge in [-0.15, -0.1) is 0 Å². The van der Waals surface area contributed by atoms with Crippen molar-refractivity contribution in [2.24, 2.45) is 0 Å². The molecule has 0 fully saturated rings. The zero-order chi connectivity index (χ0) is 22.3. The minimum Gasteiger partial charge on any atom is -0.248 e. The van der Waals surface area contributed by atoms with Gasteiger partial charge >= 0.3 is 0 Å². The van der Waals surface area contributed by atoms with Crippen molar-refractivity contribution in [3.8, 4) is 11.4 Å². The van der Waals surface area contributed by atoms with Crippen LogP contribution in [0.5, 0.6) is 0 Å². The van der Waals surface area contributed by atoms with Gasteiger partial charge in [0.1, 0.15) is 5.82 Å². The minimum absolute atomic E-state index is 0.157. The number of aryl methyl sites for hydroxylation is 2. The van der Waals surface area contributed by atoms with E-state index in [1.54, 1.807) is 13.0 Å². The van der Waals surface area contributed by atoms with E-state index in [9.17, 15) is 8.78 Å². The summed E-state index contributed by atoms with van der Waals surface area (Å²) >= 11 is 0. The van der Waals surface area contributed by atoms with E-state index in [1.165, 1.54) is 44.9 Å². The van der Waals surface area contributed by atoms with Crippen LogP contribution in [0.3, 0.4) is 0 Å². The van der Waals surface area contributed by atoms with Crippen molar-refractivity contribution in [1.82, 2.24) is 9.97 Å². The highest BCUT2D eigenvalue weighted by molar-refractivity contribution is 5.55. The van der Waals surface area contributed by atoms with Crippen LogP contribution in [-0.4, -0.2) is 16.1 Å². The number of rotatable bonds is 16. The Hall–Kier alpha value is -1.84. The number of alkyl halides is 1. The molecule has 172 valence electrons. The highest BCUT2D eigenvalue weighted by Crippen LogP contribution is 2.21. The molecule has 0 saturated heterocycles. The molecule has 1 unspecified atom stereocenters. The predicted octanol–water partition coefficient (Wildman–Crippen LogP) is 8.43. The van der Waals surface area contributed by atoms with Gasteiger partial charge in [-0.3, -0.25) is 0 Å². The summed E-state index contributed by atoms with van der Waals surface area (Å²) in [6, 6.07) is 5.37. The highest BCUT2D eigenvalue weighted by atomic mass is 19.1. The average Bonchev–Trinajstić information content (AvgIpc) is 2.76. The van der Waals surface area contributed by atoms with Crippen molar-refractivity contribution in [1.29, 1.82) is 0 Å². The van der Waals surface area contributed by atoms with Crippen molar-refractivity contribution < 1.29 is 8.78 Å². The summed E-state index contributed by atoms with van der Waals surface area (Å²) in [5.74, 6) is 0.405. The molecule has 1 aromatic heterocycles. The summed E-state index contributed by atoms with van der Waals surface area (Å²) in [7, 11) is 0. The molecule has 1 aromatic carbocycles. The maximum absolute atomic E-state index is 14.5. The molecule has 0 saturated carbocycles. The van der Waals surface area contributed by atoms with Gasteiger partial charge in [-0.1, -0.05) is 76.8 Å². The van der Waals surface area contributed by atoms with Crippen molar-refractivity contribution >= 4 is 0 Å². The van der Waals surface area contributed by atoms with E-state index in [-0.39, 0.29) is 5.82 Å². The summed E-state index contributed by atoms with van der Waals surface area (Å²) in [6.45, 7) is 3.85. The first-order valence-corrected chi connectivity index (χ1v) is 12.3. The quantitative estimate of drug-likeness (QED) is 0.250. The van der Waals surface area contributed by atoms with Crippen LogP contribution in [0.1, 0.15) is 102 Å². The maximum Gasteiger partial charge on any atom is 0.159 e. The molecule has 0 amide bonds. The number of aromatic nitrogens is 2. The first-order valence-electron chi connectivity index (χ1n) is 12.3. The van der Waals surface area contributed by atoms with Gasteiger partial charge < -0.3 is 0 Å². The molecule has 0 aliphatic rings. The average molecular weight is 431 g/mol. The third kappa shape index (κ3) is 10.3. The van der Waals surface area contributed by atoms with Crippen LogP contribution in [0.4, 0.5) is 8.78 Å². The van der Waals surface area contributed by atoms with E-state index >= 15 is 0 Å². The first kappa shape index (κ1) is 25.4. The molecular formula is C27H40F2N2. The molecule has 2 aromatic rings. The number of unbranched alkanes of at least 4 members (excludes halogenated alkanes) is 9. The van der Waals surface area contributed by atoms with E-state index in [0.717, 1.165) is 55.2 Å².